The molecule has 0 radical (unpaired) electrons. The van der Waals surface area contributed by atoms with Gasteiger partial charge in [0.2, 0.25) is 5.91 Å². The molecule has 1 atom stereocenters. The summed E-state index contributed by atoms with van der Waals surface area (Å²) < 4.78 is 13.0. The van der Waals surface area contributed by atoms with Crippen molar-refractivity contribution < 1.29 is 9.18 Å². The zero-order valence-corrected chi connectivity index (χ0v) is 7.80. The first kappa shape index (κ1) is 9.15. The van der Waals surface area contributed by atoms with Crippen LogP contribution in [0.5, 0.6) is 0 Å². The Kier molecular flexibility index (Phi) is 2.21. The Morgan fingerprint density at radius 1 is 1.50 bits per heavy atom. The number of hydrogen-bond donors (Lipinski definition) is 2. The van der Waals surface area contributed by atoms with E-state index in [9.17, 15) is 9.18 Å². The van der Waals surface area contributed by atoms with Crippen molar-refractivity contribution in [1.29, 1.82) is 0 Å². The van der Waals surface area contributed by atoms with Crippen molar-refractivity contribution in [3.05, 3.63) is 35.1 Å². The van der Waals surface area contributed by atoms with Crippen LogP contribution in [0, 0.1) is 12.7 Å². The molecule has 0 spiro atoms. The molecule has 1 amide bonds. The minimum atomic E-state index is -0.224. The number of halogens is 1. The maximum Gasteiger partial charge on any atom is 0.235 e. The molecule has 2 N–H and O–H groups in total. The molecule has 1 unspecified atom stereocenters. The fourth-order valence-corrected chi connectivity index (χ4v) is 1.51. The van der Waals surface area contributed by atoms with Crippen LogP contribution >= 0.6 is 0 Å². The Morgan fingerprint density at radius 3 is 2.86 bits per heavy atom. The third kappa shape index (κ3) is 1.61. The van der Waals surface area contributed by atoms with E-state index in [2.05, 4.69) is 10.6 Å². The highest BCUT2D eigenvalue weighted by molar-refractivity contribution is 5.80. The molecule has 1 aliphatic rings. The zero-order chi connectivity index (χ0) is 10.1. The van der Waals surface area contributed by atoms with Gasteiger partial charge in [-0.05, 0) is 30.2 Å². The minimum Gasteiger partial charge on any atom is -0.336 e. The average Bonchev–Trinajstić information content (AvgIpc) is 2.57. The van der Waals surface area contributed by atoms with E-state index in [1.54, 1.807) is 19.1 Å². The molecular formula is C10H11FN2O. The van der Waals surface area contributed by atoms with Crippen molar-refractivity contribution in [3.63, 3.8) is 0 Å². The second-order valence-electron chi connectivity index (χ2n) is 3.39. The van der Waals surface area contributed by atoms with Crippen LogP contribution in [-0.2, 0) is 4.79 Å². The summed E-state index contributed by atoms with van der Waals surface area (Å²) in [5.41, 5.74) is 1.47. The average molecular weight is 194 g/mol. The second-order valence-corrected chi connectivity index (χ2v) is 3.39. The molecule has 1 fully saturated rings. The summed E-state index contributed by atoms with van der Waals surface area (Å²) in [6, 6.07) is 4.82. The van der Waals surface area contributed by atoms with Crippen molar-refractivity contribution in [2.45, 2.75) is 13.1 Å². The summed E-state index contributed by atoms with van der Waals surface area (Å²) in [4.78, 5) is 10.9. The highest BCUT2D eigenvalue weighted by Gasteiger charge is 2.21. The van der Waals surface area contributed by atoms with Crippen LogP contribution in [0.4, 0.5) is 4.39 Å². The summed E-state index contributed by atoms with van der Waals surface area (Å²) in [6.45, 7) is 2.02. The molecule has 0 aromatic heterocycles. The van der Waals surface area contributed by atoms with Crippen LogP contribution in [0.3, 0.4) is 0 Å². The number of amides is 1. The van der Waals surface area contributed by atoms with Crippen LogP contribution in [-0.4, -0.2) is 12.5 Å². The Labute approximate surface area is 81.3 Å². The van der Waals surface area contributed by atoms with Gasteiger partial charge in [-0.1, -0.05) is 6.07 Å². The maximum atomic E-state index is 13.0. The summed E-state index contributed by atoms with van der Waals surface area (Å²) >= 11 is 0. The van der Waals surface area contributed by atoms with Gasteiger partial charge in [-0.2, -0.15) is 0 Å². The number of carbonyl (C=O) groups is 1. The summed E-state index contributed by atoms with van der Waals surface area (Å²) in [6.07, 6.45) is -0.179. The lowest BCUT2D eigenvalue weighted by atomic mass is 10.1. The predicted molar refractivity (Wildman–Crippen MR) is 50.0 cm³/mol. The van der Waals surface area contributed by atoms with Crippen molar-refractivity contribution in [3.8, 4) is 0 Å². The van der Waals surface area contributed by atoms with E-state index in [1.807, 2.05) is 0 Å². The van der Waals surface area contributed by atoms with Crippen molar-refractivity contribution in [1.82, 2.24) is 10.6 Å². The van der Waals surface area contributed by atoms with E-state index < -0.39 is 0 Å². The lowest BCUT2D eigenvalue weighted by molar-refractivity contribution is -0.118. The molecule has 0 saturated carbocycles. The predicted octanol–water partition coefficient (Wildman–Crippen LogP) is 0.852. The van der Waals surface area contributed by atoms with Gasteiger partial charge in [0.25, 0.3) is 0 Å². The third-order valence-corrected chi connectivity index (χ3v) is 2.29. The van der Waals surface area contributed by atoms with Gasteiger partial charge in [-0.3, -0.25) is 10.1 Å². The van der Waals surface area contributed by atoms with E-state index in [0.29, 0.717) is 12.1 Å². The number of benzene rings is 1. The molecule has 1 heterocycles. The van der Waals surface area contributed by atoms with Crippen molar-refractivity contribution in [2.24, 2.45) is 0 Å². The Bertz CT molecular complexity index is 378. The first-order valence-corrected chi connectivity index (χ1v) is 4.45. The fourth-order valence-electron chi connectivity index (χ4n) is 1.51. The smallest absolute Gasteiger partial charge is 0.235 e. The van der Waals surface area contributed by atoms with Gasteiger partial charge in [0.05, 0.1) is 6.54 Å². The first-order valence-electron chi connectivity index (χ1n) is 4.45. The Hall–Kier alpha value is -1.42. The second kappa shape index (κ2) is 3.38. The quantitative estimate of drug-likeness (QED) is 0.696. The standard InChI is InChI=1S/C10H11FN2O/c1-6-4-7(2-3-8(6)11)10-12-5-9(14)13-10/h2-4,10,12H,5H2,1H3,(H,13,14). The first-order chi connectivity index (χ1) is 6.66. The van der Waals surface area contributed by atoms with Crippen LogP contribution in [0.25, 0.3) is 0 Å². The summed E-state index contributed by atoms with van der Waals surface area (Å²) in [5.74, 6) is -0.255. The number of hydrogen-bond acceptors (Lipinski definition) is 2. The van der Waals surface area contributed by atoms with Crippen LogP contribution in [0.1, 0.15) is 17.3 Å². The van der Waals surface area contributed by atoms with E-state index in [0.717, 1.165) is 5.56 Å². The molecule has 4 heteroatoms. The third-order valence-electron chi connectivity index (χ3n) is 2.29. The number of carbonyl (C=O) groups excluding carboxylic acids is 1. The molecule has 1 aromatic carbocycles. The van der Waals surface area contributed by atoms with Gasteiger partial charge in [0.15, 0.2) is 0 Å². The van der Waals surface area contributed by atoms with Gasteiger partial charge >= 0.3 is 0 Å². The molecule has 14 heavy (non-hydrogen) atoms. The van der Waals surface area contributed by atoms with Gasteiger partial charge in [-0.15, -0.1) is 0 Å². The monoisotopic (exact) mass is 194 g/mol. The van der Waals surface area contributed by atoms with Gasteiger partial charge in [0.1, 0.15) is 12.0 Å². The van der Waals surface area contributed by atoms with E-state index in [-0.39, 0.29) is 17.9 Å². The van der Waals surface area contributed by atoms with E-state index in [4.69, 9.17) is 0 Å². The molecule has 0 aliphatic carbocycles. The number of nitrogens with one attached hydrogen (secondary N) is 2. The highest BCUT2D eigenvalue weighted by Crippen LogP contribution is 2.16. The molecule has 74 valence electrons. The highest BCUT2D eigenvalue weighted by atomic mass is 19.1. The molecule has 1 aromatic rings. The lowest BCUT2D eigenvalue weighted by Crippen LogP contribution is -2.22. The van der Waals surface area contributed by atoms with Crippen molar-refractivity contribution in [2.75, 3.05) is 6.54 Å². The molecule has 0 bridgehead atoms. The Morgan fingerprint density at radius 2 is 2.29 bits per heavy atom. The van der Waals surface area contributed by atoms with Gasteiger partial charge in [-0.25, -0.2) is 4.39 Å². The maximum absolute atomic E-state index is 13.0. The molecule has 1 aliphatic heterocycles. The summed E-state index contributed by atoms with van der Waals surface area (Å²) in [7, 11) is 0. The molecular weight excluding hydrogens is 183 g/mol. The lowest BCUT2D eigenvalue weighted by Gasteiger charge is -2.11. The molecule has 2 rings (SSSR count). The SMILES string of the molecule is Cc1cc(C2NCC(=O)N2)ccc1F. The normalized spacial score (nSPS) is 21.0. The zero-order valence-electron chi connectivity index (χ0n) is 7.80. The van der Waals surface area contributed by atoms with Crippen LogP contribution < -0.4 is 10.6 Å². The van der Waals surface area contributed by atoms with E-state index in [1.165, 1.54) is 6.07 Å². The van der Waals surface area contributed by atoms with Crippen LogP contribution in [0.2, 0.25) is 0 Å². The van der Waals surface area contributed by atoms with Crippen molar-refractivity contribution >= 4 is 5.91 Å². The molecule has 1 saturated heterocycles. The Balaban J connectivity index is 2.24. The van der Waals surface area contributed by atoms with Crippen LogP contribution in [0.15, 0.2) is 18.2 Å². The van der Waals surface area contributed by atoms with Gasteiger partial charge < -0.3 is 5.32 Å². The number of aryl methyl sites for hydroxylation is 1. The topological polar surface area (TPSA) is 41.1 Å². The fraction of sp³-hybridized carbons (Fsp3) is 0.300. The van der Waals surface area contributed by atoms with E-state index >= 15 is 0 Å². The molecule has 3 nitrogen and oxygen atoms in total. The summed E-state index contributed by atoms with van der Waals surface area (Å²) in [5, 5.41) is 5.73. The van der Waals surface area contributed by atoms with Gasteiger partial charge in [0, 0.05) is 0 Å². The number of rotatable bonds is 1. The minimum absolute atomic E-state index is 0.0306. The largest absolute Gasteiger partial charge is 0.336 e.